The van der Waals surface area contributed by atoms with Crippen molar-refractivity contribution in [1.82, 2.24) is 4.57 Å². The molecule has 1 heterocycles. The highest BCUT2D eigenvalue weighted by atomic mass is 32.1. The summed E-state index contributed by atoms with van der Waals surface area (Å²) in [7, 11) is 2.98. The lowest BCUT2D eigenvalue weighted by Gasteiger charge is -2.20. The first-order valence-corrected chi connectivity index (χ1v) is 11.0. The van der Waals surface area contributed by atoms with Gasteiger partial charge in [-0.05, 0) is 56.3 Å². The summed E-state index contributed by atoms with van der Waals surface area (Å²) in [5, 5.41) is 0. The maximum Gasteiger partial charge on any atom is 0.337 e. The van der Waals surface area contributed by atoms with Gasteiger partial charge >= 0.3 is 5.97 Å². The first-order valence-electron chi connectivity index (χ1n) is 10.2. The van der Waals surface area contributed by atoms with Gasteiger partial charge in [-0.3, -0.25) is 4.79 Å². The molecule has 164 valence electrons. The summed E-state index contributed by atoms with van der Waals surface area (Å²) in [6.45, 7) is 7.03. The fraction of sp³-hybridized carbons (Fsp3) is 0.348. The van der Waals surface area contributed by atoms with Gasteiger partial charge in [-0.15, -0.1) is 0 Å². The molecule has 31 heavy (non-hydrogen) atoms. The number of thiazole rings is 1. The van der Waals surface area contributed by atoms with E-state index >= 15 is 0 Å². The molecule has 0 bridgehead atoms. The van der Waals surface area contributed by atoms with Gasteiger partial charge in [0.25, 0.3) is 5.91 Å². The quantitative estimate of drug-likeness (QED) is 0.498. The van der Waals surface area contributed by atoms with Gasteiger partial charge < -0.3 is 18.9 Å². The van der Waals surface area contributed by atoms with E-state index in [1.165, 1.54) is 18.4 Å². The van der Waals surface area contributed by atoms with E-state index in [1.807, 2.05) is 34.9 Å². The van der Waals surface area contributed by atoms with E-state index in [9.17, 15) is 9.59 Å². The predicted octanol–water partition coefficient (Wildman–Crippen LogP) is 3.72. The molecule has 0 saturated heterocycles. The maximum atomic E-state index is 12.9. The number of anilines is 1. The monoisotopic (exact) mass is 441 g/mol. The van der Waals surface area contributed by atoms with Crippen molar-refractivity contribution in [1.29, 1.82) is 0 Å². The van der Waals surface area contributed by atoms with Crippen LogP contribution in [0.3, 0.4) is 0 Å². The molecule has 3 rings (SSSR count). The van der Waals surface area contributed by atoms with Gasteiger partial charge in [-0.1, -0.05) is 11.3 Å². The molecule has 0 aliphatic rings. The number of benzene rings is 2. The minimum Gasteiger partial charge on any atom is -0.465 e. The van der Waals surface area contributed by atoms with E-state index in [0.717, 1.165) is 29.0 Å². The number of fused-ring (bicyclic) bond motifs is 1. The summed E-state index contributed by atoms with van der Waals surface area (Å²) < 4.78 is 12.8. The van der Waals surface area contributed by atoms with Gasteiger partial charge in [0, 0.05) is 38.0 Å². The van der Waals surface area contributed by atoms with Crippen molar-refractivity contribution in [2.75, 3.05) is 38.8 Å². The lowest BCUT2D eigenvalue weighted by atomic mass is 10.2. The Hall–Kier alpha value is -2.97. The number of aromatic nitrogens is 1. The van der Waals surface area contributed by atoms with Crippen molar-refractivity contribution in [3.63, 3.8) is 0 Å². The predicted molar refractivity (Wildman–Crippen MR) is 123 cm³/mol. The molecule has 1 amide bonds. The smallest absolute Gasteiger partial charge is 0.337 e. The fourth-order valence-corrected chi connectivity index (χ4v) is 4.45. The van der Waals surface area contributed by atoms with Gasteiger partial charge in [0.05, 0.1) is 29.5 Å². The number of esters is 1. The lowest BCUT2D eigenvalue weighted by Crippen LogP contribution is -2.21. The van der Waals surface area contributed by atoms with E-state index in [2.05, 4.69) is 23.7 Å². The van der Waals surface area contributed by atoms with Crippen LogP contribution in [-0.4, -0.2) is 50.4 Å². The van der Waals surface area contributed by atoms with Crippen molar-refractivity contribution in [3.05, 3.63) is 58.4 Å². The maximum absolute atomic E-state index is 12.9. The Bertz CT molecular complexity index is 1130. The molecule has 0 spiro atoms. The average molecular weight is 442 g/mol. The lowest BCUT2D eigenvalue weighted by molar-refractivity contribution is 0.0600. The van der Waals surface area contributed by atoms with Gasteiger partial charge in [0.15, 0.2) is 4.80 Å². The Morgan fingerprint density at radius 3 is 2.32 bits per heavy atom. The van der Waals surface area contributed by atoms with Gasteiger partial charge in [0.1, 0.15) is 0 Å². The second-order valence-electron chi connectivity index (χ2n) is 6.84. The minimum atomic E-state index is -0.401. The summed E-state index contributed by atoms with van der Waals surface area (Å²) in [5.74, 6) is -0.710. The summed E-state index contributed by atoms with van der Waals surface area (Å²) in [6, 6.07) is 12.8. The van der Waals surface area contributed by atoms with Crippen LogP contribution in [0.4, 0.5) is 5.69 Å². The molecule has 0 atom stereocenters. The Kier molecular flexibility index (Phi) is 7.59. The number of nitrogens with zero attached hydrogens (tertiary/aromatic N) is 3. The molecule has 0 N–H and O–H groups in total. The highest BCUT2D eigenvalue weighted by Gasteiger charge is 2.13. The summed E-state index contributed by atoms with van der Waals surface area (Å²) >= 11 is 1.36. The summed E-state index contributed by atoms with van der Waals surface area (Å²) in [5.41, 5.74) is 2.95. The zero-order chi connectivity index (χ0) is 22.4. The van der Waals surface area contributed by atoms with E-state index in [0.29, 0.717) is 29.1 Å². The van der Waals surface area contributed by atoms with Crippen molar-refractivity contribution >= 4 is 39.1 Å². The SMILES string of the molecule is CCN(CC)c1ccc(C(=O)N=c2sc3cc(C(=O)OC)ccc3n2CCOC)cc1. The van der Waals surface area contributed by atoms with Crippen LogP contribution in [0.5, 0.6) is 0 Å². The highest BCUT2D eigenvalue weighted by Crippen LogP contribution is 2.20. The topological polar surface area (TPSA) is 73.1 Å². The number of hydrogen-bond acceptors (Lipinski definition) is 6. The Balaban J connectivity index is 2.00. The van der Waals surface area contributed by atoms with Gasteiger partial charge in [-0.2, -0.15) is 4.99 Å². The van der Waals surface area contributed by atoms with Gasteiger partial charge in [-0.25, -0.2) is 4.79 Å². The molecule has 0 fully saturated rings. The number of carbonyl (C=O) groups excluding carboxylic acids is 2. The number of methoxy groups -OCH3 is 2. The van der Waals surface area contributed by atoms with Crippen molar-refractivity contribution in [3.8, 4) is 0 Å². The van der Waals surface area contributed by atoms with Crippen LogP contribution in [0.25, 0.3) is 10.2 Å². The van der Waals surface area contributed by atoms with E-state index in [-0.39, 0.29) is 5.91 Å². The molecular weight excluding hydrogens is 414 g/mol. The number of rotatable bonds is 8. The number of carbonyl (C=O) groups is 2. The molecule has 0 aliphatic heterocycles. The van der Waals surface area contributed by atoms with Crippen molar-refractivity contribution in [2.45, 2.75) is 20.4 Å². The van der Waals surface area contributed by atoms with Gasteiger partial charge in [0.2, 0.25) is 0 Å². The molecule has 0 radical (unpaired) electrons. The molecule has 8 heteroatoms. The van der Waals surface area contributed by atoms with Crippen LogP contribution in [0.1, 0.15) is 34.6 Å². The average Bonchev–Trinajstić information content (AvgIpc) is 3.14. The third-order valence-electron chi connectivity index (χ3n) is 5.06. The number of ether oxygens (including phenoxy) is 2. The molecule has 3 aromatic rings. The molecule has 0 aliphatic carbocycles. The second kappa shape index (κ2) is 10.4. The van der Waals surface area contributed by atoms with Crippen LogP contribution in [0.15, 0.2) is 47.5 Å². The molecule has 2 aromatic carbocycles. The third-order valence-corrected chi connectivity index (χ3v) is 6.10. The zero-order valence-corrected chi connectivity index (χ0v) is 19.1. The third kappa shape index (κ3) is 5.03. The molecular formula is C23H27N3O4S. The van der Waals surface area contributed by atoms with Crippen LogP contribution < -0.4 is 9.70 Å². The Morgan fingerprint density at radius 2 is 1.71 bits per heavy atom. The standard InChI is InChI=1S/C23H27N3O4S/c1-5-25(6-2)18-10-7-16(8-11-18)21(27)24-23-26(13-14-29-3)19-12-9-17(22(28)30-4)15-20(19)31-23/h7-12,15H,5-6,13-14H2,1-4H3. The molecule has 0 unspecified atom stereocenters. The molecule has 7 nitrogen and oxygen atoms in total. The van der Waals surface area contributed by atoms with Crippen LogP contribution >= 0.6 is 11.3 Å². The second-order valence-corrected chi connectivity index (χ2v) is 7.85. The zero-order valence-electron chi connectivity index (χ0n) is 18.3. The van der Waals surface area contributed by atoms with E-state index < -0.39 is 5.97 Å². The first-order chi connectivity index (χ1) is 15.0. The number of hydrogen-bond donors (Lipinski definition) is 0. The first kappa shape index (κ1) is 22.7. The largest absolute Gasteiger partial charge is 0.465 e. The van der Waals surface area contributed by atoms with E-state index in [1.54, 1.807) is 19.2 Å². The molecule has 1 aromatic heterocycles. The highest BCUT2D eigenvalue weighted by molar-refractivity contribution is 7.16. The molecule has 0 saturated carbocycles. The Labute approximate surface area is 185 Å². The summed E-state index contributed by atoms with van der Waals surface area (Å²) in [4.78, 5) is 31.9. The van der Waals surface area contributed by atoms with Crippen molar-refractivity contribution in [2.24, 2.45) is 4.99 Å². The minimum absolute atomic E-state index is 0.308. The fourth-order valence-electron chi connectivity index (χ4n) is 3.36. The normalized spacial score (nSPS) is 11.7. The van der Waals surface area contributed by atoms with Crippen LogP contribution in [-0.2, 0) is 16.0 Å². The van der Waals surface area contributed by atoms with Crippen LogP contribution in [0.2, 0.25) is 0 Å². The summed E-state index contributed by atoms with van der Waals surface area (Å²) in [6.07, 6.45) is 0. The Morgan fingerprint density at radius 1 is 1.03 bits per heavy atom. The van der Waals surface area contributed by atoms with Crippen LogP contribution in [0, 0.1) is 0 Å². The van der Waals surface area contributed by atoms with Crippen molar-refractivity contribution < 1.29 is 19.1 Å². The number of amides is 1. The van der Waals surface area contributed by atoms with E-state index in [4.69, 9.17) is 9.47 Å².